The molecule has 0 saturated heterocycles. The van der Waals surface area contributed by atoms with Gasteiger partial charge in [0.15, 0.2) is 0 Å². The van der Waals surface area contributed by atoms with Crippen molar-refractivity contribution in [1.29, 1.82) is 5.26 Å². The standard InChI is InChI=1S/C11H20N2O3/c1-4-11(2,8-12)10(15)13-6-5-9(14)7-16-3/h9,14H,4-7H2,1-3H3,(H,13,15). The summed E-state index contributed by atoms with van der Waals surface area (Å²) in [5, 5.41) is 20.8. The van der Waals surface area contributed by atoms with Crippen molar-refractivity contribution in [2.24, 2.45) is 5.41 Å². The van der Waals surface area contributed by atoms with Gasteiger partial charge in [-0.15, -0.1) is 0 Å². The number of aliphatic hydroxyl groups excluding tert-OH is 1. The number of hydrogen-bond acceptors (Lipinski definition) is 4. The Morgan fingerprint density at radius 3 is 2.75 bits per heavy atom. The fourth-order valence-corrected chi connectivity index (χ4v) is 1.11. The van der Waals surface area contributed by atoms with E-state index in [0.717, 1.165) is 0 Å². The second kappa shape index (κ2) is 7.20. The van der Waals surface area contributed by atoms with Gasteiger partial charge in [-0.2, -0.15) is 5.26 Å². The Hall–Kier alpha value is -1.12. The van der Waals surface area contributed by atoms with Crippen LogP contribution in [0.4, 0.5) is 0 Å². The number of nitrogens with one attached hydrogen (secondary N) is 1. The number of nitriles is 1. The largest absolute Gasteiger partial charge is 0.391 e. The number of methoxy groups -OCH3 is 1. The lowest BCUT2D eigenvalue weighted by Crippen LogP contribution is -2.39. The van der Waals surface area contributed by atoms with E-state index in [9.17, 15) is 9.90 Å². The van der Waals surface area contributed by atoms with E-state index in [0.29, 0.717) is 19.4 Å². The molecular weight excluding hydrogens is 208 g/mol. The van der Waals surface area contributed by atoms with Gasteiger partial charge < -0.3 is 15.2 Å². The van der Waals surface area contributed by atoms with Crippen molar-refractivity contribution in [3.63, 3.8) is 0 Å². The molecule has 0 aromatic carbocycles. The van der Waals surface area contributed by atoms with Crippen LogP contribution in [-0.4, -0.2) is 37.4 Å². The summed E-state index contributed by atoms with van der Waals surface area (Å²) in [6.07, 6.45) is 0.307. The van der Waals surface area contributed by atoms with Gasteiger partial charge in [-0.05, 0) is 19.8 Å². The first-order valence-electron chi connectivity index (χ1n) is 5.36. The molecule has 2 atom stereocenters. The highest BCUT2D eigenvalue weighted by atomic mass is 16.5. The maximum absolute atomic E-state index is 11.6. The molecule has 0 bridgehead atoms. The minimum atomic E-state index is -0.980. The molecule has 0 fully saturated rings. The number of amides is 1. The van der Waals surface area contributed by atoms with Crippen LogP contribution in [-0.2, 0) is 9.53 Å². The van der Waals surface area contributed by atoms with Crippen LogP contribution in [0.15, 0.2) is 0 Å². The average molecular weight is 228 g/mol. The van der Waals surface area contributed by atoms with Crippen LogP contribution >= 0.6 is 0 Å². The number of hydrogen-bond donors (Lipinski definition) is 2. The summed E-state index contributed by atoms with van der Waals surface area (Å²) in [7, 11) is 1.51. The van der Waals surface area contributed by atoms with Gasteiger partial charge in [0, 0.05) is 13.7 Å². The maximum atomic E-state index is 11.6. The Kier molecular flexibility index (Phi) is 6.70. The van der Waals surface area contributed by atoms with Crippen LogP contribution in [0.5, 0.6) is 0 Å². The topological polar surface area (TPSA) is 82.4 Å². The van der Waals surface area contributed by atoms with Crippen LogP contribution in [0.25, 0.3) is 0 Å². The summed E-state index contributed by atoms with van der Waals surface area (Å²) in [5.41, 5.74) is -0.980. The van der Waals surface area contributed by atoms with Crippen molar-refractivity contribution in [2.75, 3.05) is 20.3 Å². The van der Waals surface area contributed by atoms with Gasteiger partial charge in [-0.25, -0.2) is 0 Å². The summed E-state index contributed by atoms with van der Waals surface area (Å²) in [6.45, 7) is 4.00. The number of ether oxygens (including phenoxy) is 1. The number of carbonyl (C=O) groups excluding carboxylic acids is 1. The van der Waals surface area contributed by atoms with Crippen LogP contribution < -0.4 is 5.32 Å². The van der Waals surface area contributed by atoms with Gasteiger partial charge in [0.2, 0.25) is 5.91 Å². The van der Waals surface area contributed by atoms with E-state index in [1.165, 1.54) is 7.11 Å². The van der Waals surface area contributed by atoms with E-state index in [1.807, 2.05) is 6.07 Å². The van der Waals surface area contributed by atoms with E-state index >= 15 is 0 Å². The molecule has 0 aliphatic rings. The van der Waals surface area contributed by atoms with Gasteiger partial charge in [-0.1, -0.05) is 6.92 Å². The molecule has 16 heavy (non-hydrogen) atoms. The van der Waals surface area contributed by atoms with E-state index in [4.69, 9.17) is 10.00 Å². The molecule has 0 aliphatic heterocycles. The minimum Gasteiger partial charge on any atom is -0.391 e. The molecule has 0 aliphatic carbocycles. The normalized spacial score (nSPS) is 15.9. The minimum absolute atomic E-state index is 0.249. The Morgan fingerprint density at radius 1 is 1.69 bits per heavy atom. The number of nitrogens with zero attached hydrogens (tertiary/aromatic N) is 1. The van der Waals surface area contributed by atoms with Crippen LogP contribution in [0.3, 0.4) is 0 Å². The molecule has 92 valence electrons. The first-order valence-corrected chi connectivity index (χ1v) is 5.36. The number of carbonyl (C=O) groups is 1. The second-order valence-corrected chi connectivity index (χ2v) is 3.95. The summed E-state index contributed by atoms with van der Waals surface area (Å²) >= 11 is 0. The molecule has 0 radical (unpaired) electrons. The number of rotatable bonds is 7. The third-order valence-electron chi connectivity index (χ3n) is 2.58. The van der Waals surface area contributed by atoms with E-state index in [1.54, 1.807) is 13.8 Å². The molecule has 1 amide bonds. The molecule has 2 N–H and O–H groups in total. The van der Waals surface area contributed by atoms with Crippen LogP contribution in [0.1, 0.15) is 26.7 Å². The summed E-state index contributed by atoms with van der Waals surface area (Å²) < 4.78 is 4.76. The maximum Gasteiger partial charge on any atom is 0.240 e. The predicted molar refractivity (Wildman–Crippen MR) is 59.5 cm³/mol. The molecular formula is C11H20N2O3. The smallest absolute Gasteiger partial charge is 0.240 e. The van der Waals surface area contributed by atoms with Crippen LogP contribution in [0, 0.1) is 16.7 Å². The van der Waals surface area contributed by atoms with E-state index in [-0.39, 0.29) is 12.5 Å². The molecule has 0 heterocycles. The Morgan fingerprint density at radius 2 is 2.31 bits per heavy atom. The molecule has 5 heteroatoms. The van der Waals surface area contributed by atoms with Gasteiger partial charge >= 0.3 is 0 Å². The Labute approximate surface area is 96.4 Å². The van der Waals surface area contributed by atoms with Gasteiger partial charge in [0.25, 0.3) is 0 Å². The third-order valence-corrected chi connectivity index (χ3v) is 2.58. The zero-order valence-corrected chi connectivity index (χ0v) is 10.1. The van der Waals surface area contributed by atoms with Gasteiger partial charge in [-0.3, -0.25) is 4.79 Å². The predicted octanol–water partition coefficient (Wildman–Crippen LogP) is 0.440. The van der Waals surface area contributed by atoms with E-state index in [2.05, 4.69) is 5.32 Å². The van der Waals surface area contributed by atoms with Crippen molar-refractivity contribution in [3.8, 4) is 6.07 Å². The summed E-state index contributed by atoms with van der Waals surface area (Å²) in [4.78, 5) is 11.6. The van der Waals surface area contributed by atoms with Crippen molar-refractivity contribution >= 4 is 5.91 Å². The summed E-state index contributed by atoms with van der Waals surface area (Å²) in [5.74, 6) is -0.290. The number of aliphatic hydroxyl groups is 1. The summed E-state index contributed by atoms with van der Waals surface area (Å²) in [6, 6.07) is 1.99. The highest BCUT2D eigenvalue weighted by Gasteiger charge is 2.30. The molecule has 0 spiro atoms. The van der Waals surface area contributed by atoms with Gasteiger partial charge in [0.1, 0.15) is 5.41 Å². The highest BCUT2D eigenvalue weighted by Crippen LogP contribution is 2.19. The zero-order chi connectivity index (χ0) is 12.6. The second-order valence-electron chi connectivity index (χ2n) is 3.95. The molecule has 0 aromatic rings. The Balaban J connectivity index is 3.95. The first-order chi connectivity index (χ1) is 7.50. The van der Waals surface area contributed by atoms with Crippen molar-refractivity contribution in [1.82, 2.24) is 5.32 Å². The lowest BCUT2D eigenvalue weighted by atomic mass is 9.88. The lowest BCUT2D eigenvalue weighted by Gasteiger charge is -2.19. The average Bonchev–Trinajstić information content (AvgIpc) is 2.28. The monoisotopic (exact) mass is 228 g/mol. The highest BCUT2D eigenvalue weighted by molar-refractivity contribution is 5.84. The molecule has 0 aromatic heterocycles. The van der Waals surface area contributed by atoms with Crippen molar-refractivity contribution in [2.45, 2.75) is 32.8 Å². The van der Waals surface area contributed by atoms with Crippen molar-refractivity contribution in [3.05, 3.63) is 0 Å². The fourth-order valence-electron chi connectivity index (χ4n) is 1.11. The molecule has 0 saturated carbocycles. The van der Waals surface area contributed by atoms with Crippen LogP contribution in [0.2, 0.25) is 0 Å². The quantitative estimate of drug-likeness (QED) is 0.662. The molecule has 0 rings (SSSR count). The van der Waals surface area contributed by atoms with Gasteiger partial charge in [0.05, 0.1) is 18.8 Å². The Bertz CT molecular complexity index is 262. The fraction of sp³-hybridized carbons (Fsp3) is 0.818. The molecule has 5 nitrogen and oxygen atoms in total. The van der Waals surface area contributed by atoms with E-state index < -0.39 is 11.5 Å². The SMILES string of the molecule is CCC(C)(C#N)C(=O)NCCC(O)COC. The lowest BCUT2D eigenvalue weighted by molar-refractivity contribution is -0.127. The third kappa shape index (κ3) is 4.60. The van der Waals surface area contributed by atoms with Crippen molar-refractivity contribution < 1.29 is 14.6 Å². The molecule has 2 unspecified atom stereocenters. The first kappa shape index (κ1) is 14.9. The zero-order valence-electron chi connectivity index (χ0n) is 10.1.